The Morgan fingerprint density at radius 3 is 2.93 bits per heavy atom. The highest BCUT2D eigenvalue weighted by molar-refractivity contribution is 7.99. The number of anilines is 1. The predicted molar refractivity (Wildman–Crippen MR) is 107 cm³/mol. The number of aliphatic hydroxyl groups excluding tert-OH is 1. The summed E-state index contributed by atoms with van der Waals surface area (Å²) in [7, 11) is 0. The summed E-state index contributed by atoms with van der Waals surface area (Å²) in [6.45, 7) is 0.144. The lowest BCUT2D eigenvalue weighted by atomic mass is 10.1. The summed E-state index contributed by atoms with van der Waals surface area (Å²) < 4.78 is 5.64. The van der Waals surface area contributed by atoms with Crippen molar-refractivity contribution in [2.75, 3.05) is 17.7 Å². The lowest BCUT2D eigenvalue weighted by Crippen LogP contribution is -2.20. The fraction of sp³-hybridized carbons (Fsp3) is 0.222. The van der Waals surface area contributed by atoms with Gasteiger partial charge < -0.3 is 20.1 Å². The standard InChI is InChI=1S/C18H15Cl2N3O3S/c19-12-5-15-16(6-13(12)20)23-18(22-15)27-8-10(24)7-26-11-1-2-14-9(3-11)4-17(25)21-14/h1-3,5-6,10,24H,4,7-8H2,(H,21,25)(H,22,23). The maximum absolute atomic E-state index is 11.4. The Labute approximate surface area is 169 Å². The number of hydrogen-bond donors (Lipinski definition) is 3. The van der Waals surface area contributed by atoms with Gasteiger partial charge in [0.1, 0.15) is 12.4 Å². The van der Waals surface area contributed by atoms with E-state index in [4.69, 9.17) is 27.9 Å². The van der Waals surface area contributed by atoms with Crippen LogP contribution in [0.15, 0.2) is 35.5 Å². The summed E-state index contributed by atoms with van der Waals surface area (Å²) in [5.74, 6) is 1.01. The molecular weight excluding hydrogens is 409 g/mol. The normalized spacial score (nSPS) is 14.3. The first-order valence-corrected chi connectivity index (χ1v) is 9.93. The number of ether oxygens (including phenoxy) is 1. The van der Waals surface area contributed by atoms with E-state index < -0.39 is 6.10 Å². The summed E-state index contributed by atoms with van der Waals surface area (Å²) in [6.07, 6.45) is -0.325. The number of nitrogens with one attached hydrogen (secondary N) is 2. The summed E-state index contributed by atoms with van der Waals surface area (Å²) in [5, 5.41) is 14.5. The first-order chi connectivity index (χ1) is 13.0. The number of thioether (sulfide) groups is 1. The highest BCUT2D eigenvalue weighted by Gasteiger charge is 2.18. The number of benzene rings is 2. The lowest BCUT2D eigenvalue weighted by molar-refractivity contribution is -0.115. The Balaban J connectivity index is 1.32. The number of aliphatic hydroxyl groups is 1. The second kappa shape index (κ2) is 7.59. The van der Waals surface area contributed by atoms with Gasteiger partial charge in [-0.15, -0.1) is 0 Å². The Morgan fingerprint density at radius 1 is 1.26 bits per heavy atom. The highest BCUT2D eigenvalue weighted by atomic mass is 35.5. The molecule has 1 aromatic heterocycles. The molecule has 2 aromatic carbocycles. The number of carbonyl (C=O) groups excluding carboxylic acids is 1. The molecule has 1 amide bonds. The molecule has 0 saturated heterocycles. The first-order valence-electron chi connectivity index (χ1n) is 8.19. The molecule has 0 aliphatic carbocycles. The molecule has 9 heteroatoms. The molecule has 1 aliphatic rings. The molecule has 4 rings (SSSR count). The average molecular weight is 424 g/mol. The average Bonchev–Trinajstić information content (AvgIpc) is 3.19. The molecule has 0 saturated carbocycles. The fourth-order valence-electron chi connectivity index (χ4n) is 2.76. The molecule has 3 aromatic rings. The van der Waals surface area contributed by atoms with E-state index >= 15 is 0 Å². The topological polar surface area (TPSA) is 87.2 Å². The van der Waals surface area contributed by atoms with Crippen LogP contribution in [0.5, 0.6) is 5.75 Å². The molecule has 3 N–H and O–H groups in total. The van der Waals surface area contributed by atoms with Crippen molar-refractivity contribution >= 4 is 57.6 Å². The maximum atomic E-state index is 11.4. The third-order valence-electron chi connectivity index (χ3n) is 4.06. The van der Waals surface area contributed by atoms with E-state index in [0.29, 0.717) is 33.1 Å². The second-order valence-corrected chi connectivity index (χ2v) is 7.97. The van der Waals surface area contributed by atoms with E-state index in [0.717, 1.165) is 22.3 Å². The fourth-order valence-corrected chi connectivity index (χ4v) is 3.87. The van der Waals surface area contributed by atoms with Crippen LogP contribution in [0.4, 0.5) is 5.69 Å². The zero-order valence-electron chi connectivity index (χ0n) is 14.0. The number of nitrogens with zero attached hydrogens (tertiary/aromatic N) is 1. The van der Waals surface area contributed by atoms with Crippen LogP contribution in [-0.2, 0) is 11.2 Å². The number of aromatic nitrogens is 2. The number of halogens is 2. The van der Waals surface area contributed by atoms with Gasteiger partial charge in [0.2, 0.25) is 5.91 Å². The van der Waals surface area contributed by atoms with Crippen molar-refractivity contribution < 1.29 is 14.6 Å². The van der Waals surface area contributed by atoms with Crippen LogP contribution < -0.4 is 10.1 Å². The van der Waals surface area contributed by atoms with E-state index in [1.807, 2.05) is 6.07 Å². The summed E-state index contributed by atoms with van der Waals surface area (Å²) in [4.78, 5) is 18.9. The van der Waals surface area contributed by atoms with Crippen LogP contribution in [0.3, 0.4) is 0 Å². The molecule has 0 radical (unpaired) electrons. The summed E-state index contributed by atoms with van der Waals surface area (Å²) >= 11 is 13.4. The molecule has 2 heterocycles. The van der Waals surface area contributed by atoms with Crippen LogP contribution in [0.2, 0.25) is 10.0 Å². The third kappa shape index (κ3) is 4.16. The van der Waals surface area contributed by atoms with Gasteiger partial charge >= 0.3 is 0 Å². The van der Waals surface area contributed by atoms with E-state index in [9.17, 15) is 9.90 Å². The Kier molecular flexibility index (Phi) is 5.19. The quantitative estimate of drug-likeness (QED) is 0.523. The molecule has 0 bridgehead atoms. The van der Waals surface area contributed by atoms with Crippen molar-refractivity contribution in [3.63, 3.8) is 0 Å². The van der Waals surface area contributed by atoms with Crippen LogP contribution in [-0.4, -0.2) is 39.4 Å². The highest BCUT2D eigenvalue weighted by Crippen LogP contribution is 2.29. The number of H-pyrrole nitrogens is 1. The predicted octanol–water partition coefficient (Wildman–Crippen LogP) is 3.90. The number of amides is 1. The molecule has 6 nitrogen and oxygen atoms in total. The largest absolute Gasteiger partial charge is 0.491 e. The van der Waals surface area contributed by atoms with Gasteiger partial charge in [0, 0.05) is 11.4 Å². The van der Waals surface area contributed by atoms with Gasteiger partial charge in [-0.3, -0.25) is 4.79 Å². The van der Waals surface area contributed by atoms with Crippen molar-refractivity contribution in [2.24, 2.45) is 0 Å². The van der Waals surface area contributed by atoms with Crippen LogP contribution in [0.1, 0.15) is 5.56 Å². The van der Waals surface area contributed by atoms with Crippen molar-refractivity contribution in [3.05, 3.63) is 45.9 Å². The second-order valence-electron chi connectivity index (χ2n) is 6.15. The molecule has 140 valence electrons. The molecule has 0 fully saturated rings. The Morgan fingerprint density at radius 2 is 2.07 bits per heavy atom. The molecular formula is C18H15Cl2N3O3S. The minimum absolute atomic E-state index is 0.0213. The smallest absolute Gasteiger partial charge is 0.228 e. The lowest BCUT2D eigenvalue weighted by Gasteiger charge is -2.12. The van der Waals surface area contributed by atoms with Gasteiger partial charge in [0.25, 0.3) is 0 Å². The molecule has 0 spiro atoms. The molecule has 1 atom stereocenters. The van der Waals surface area contributed by atoms with Gasteiger partial charge in [-0.1, -0.05) is 35.0 Å². The molecule has 1 unspecified atom stereocenters. The molecule has 1 aliphatic heterocycles. The maximum Gasteiger partial charge on any atom is 0.228 e. The minimum Gasteiger partial charge on any atom is -0.491 e. The number of fused-ring (bicyclic) bond motifs is 2. The van der Waals surface area contributed by atoms with Gasteiger partial charge in [-0.05, 0) is 35.9 Å². The number of aromatic amines is 1. The summed E-state index contributed by atoms with van der Waals surface area (Å²) in [6, 6.07) is 8.83. The van der Waals surface area contributed by atoms with Gasteiger partial charge in [0.05, 0.1) is 33.6 Å². The zero-order valence-corrected chi connectivity index (χ0v) is 16.3. The first kappa shape index (κ1) is 18.4. The van der Waals surface area contributed by atoms with E-state index in [2.05, 4.69) is 15.3 Å². The number of imidazole rings is 1. The van der Waals surface area contributed by atoms with Crippen LogP contribution in [0, 0.1) is 0 Å². The SMILES string of the molecule is O=C1Cc2cc(OCC(O)CSc3nc4cc(Cl)c(Cl)cc4[nH]3)ccc2N1. The van der Waals surface area contributed by atoms with Gasteiger partial charge in [-0.2, -0.15) is 0 Å². The molecule has 27 heavy (non-hydrogen) atoms. The monoisotopic (exact) mass is 423 g/mol. The van der Waals surface area contributed by atoms with Crippen molar-refractivity contribution in [3.8, 4) is 5.75 Å². The van der Waals surface area contributed by atoms with E-state index in [-0.39, 0.29) is 12.5 Å². The van der Waals surface area contributed by atoms with Gasteiger partial charge in [0.15, 0.2) is 5.16 Å². The zero-order chi connectivity index (χ0) is 19.0. The summed E-state index contributed by atoms with van der Waals surface area (Å²) in [5.41, 5.74) is 3.23. The number of hydrogen-bond acceptors (Lipinski definition) is 5. The van der Waals surface area contributed by atoms with E-state index in [1.54, 1.807) is 24.3 Å². The van der Waals surface area contributed by atoms with Crippen molar-refractivity contribution in [1.82, 2.24) is 9.97 Å². The van der Waals surface area contributed by atoms with E-state index in [1.165, 1.54) is 11.8 Å². The van der Waals surface area contributed by atoms with Crippen molar-refractivity contribution in [2.45, 2.75) is 17.7 Å². The third-order valence-corrected chi connectivity index (χ3v) is 5.80. The Hall–Kier alpha value is -1.93. The Bertz CT molecular complexity index is 985. The van der Waals surface area contributed by atoms with Crippen LogP contribution in [0.25, 0.3) is 11.0 Å². The number of carbonyl (C=O) groups is 1. The van der Waals surface area contributed by atoms with Crippen molar-refractivity contribution in [1.29, 1.82) is 0 Å². The number of rotatable bonds is 6. The van der Waals surface area contributed by atoms with Crippen LogP contribution >= 0.6 is 35.0 Å². The minimum atomic E-state index is -0.677. The van der Waals surface area contributed by atoms with Gasteiger partial charge in [-0.25, -0.2) is 4.98 Å².